The van der Waals surface area contributed by atoms with Crippen molar-refractivity contribution in [3.8, 4) is 0 Å². The molecule has 0 bridgehead atoms. The number of aliphatic hydroxyl groups excluding tert-OH is 2. The van der Waals surface area contributed by atoms with Gasteiger partial charge in [-0.25, -0.2) is 9.97 Å². The van der Waals surface area contributed by atoms with Crippen LogP contribution in [0, 0.1) is 22.0 Å². The summed E-state index contributed by atoms with van der Waals surface area (Å²) in [5.74, 6) is 2.77. The zero-order valence-electron chi connectivity index (χ0n) is 29.4. The first-order valence-electron chi connectivity index (χ1n) is 18.3. The third kappa shape index (κ3) is 11.2. The summed E-state index contributed by atoms with van der Waals surface area (Å²) in [6, 6.07) is 1.03. The molecule has 0 radical (unpaired) electrons. The number of anilines is 5. The molecule has 4 atom stereocenters. The lowest BCUT2D eigenvalue weighted by atomic mass is 9.86. The Morgan fingerprint density at radius 3 is 1.64 bits per heavy atom. The second-order valence-electron chi connectivity index (χ2n) is 14.4. The maximum Gasteiger partial charge on any atom is 0.329 e. The molecule has 4 aliphatic rings. The molecule has 2 saturated heterocycles. The SMILES string of the molecule is C[C@H]1C[C@@H](Nc2ncc(N)c(NC3CCC(CO)CC3)n2)CCO1.C[C@H]1C[C@@H](Nc2ncc([N+](=O)[O-])c(NC3CCC(CO)CC3)n2)CCO1. The molecular formula is C34H56N10O6. The fourth-order valence-electron chi connectivity index (χ4n) is 7.25. The minimum atomic E-state index is -0.456. The van der Waals surface area contributed by atoms with Crippen molar-refractivity contribution in [2.24, 2.45) is 11.8 Å². The Hall–Kier alpha value is -3.60. The van der Waals surface area contributed by atoms with Gasteiger partial charge in [-0.3, -0.25) is 10.1 Å². The van der Waals surface area contributed by atoms with Crippen molar-refractivity contribution < 1.29 is 24.6 Å². The molecule has 2 aromatic heterocycles. The number of nitrogen functional groups attached to an aromatic ring is 1. The van der Waals surface area contributed by atoms with E-state index >= 15 is 0 Å². The maximum atomic E-state index is 11.3. The molecule has 4 heterocycles. The summed E-state index contributed by atoms with van der Waals surface area (Å²) in [6.07, 6.45) is 14.7. The second-order valence-corrected chi connectivity index (χ2v) is 14.4. The highest BCUT2D eigenvalue weighted by Crippen LogP contribution is 2.31. The highest BCUT2D eigenvalue weighted by molar-refractivity contribution is 5.62. The molecule has 4 fully saturated rings. The molecule has 50 heavy (non-hydrogen) atoms. The minimum Gasteiger partial charge on any atom is -0.396 e. The number of nitrogens with one attached hydrogen (secondary N) is 4. The summed E-state index contributed by atoms with van der Waals surface area (Å²) in [5.41, 5.74) is 6.50. The van der Waals surface area contributed by atoms with E-state index in [0.29, 0.717) is 60.5 Å². The number of hydrogen-bond donors (Lipinski definition) is 7. The van der Waals surface area contributed by atoms with Crippen molar-refractivity contribution in [3.63, 3.8) is 0 Å². The monoisotopic (exact) mass is 700 g/mol. The third-order valence-electron chi connectivity index (χ3n) is 10.3. The van der Waals surface area contributed by atoms with E-state index in [1.165, 1.54) is 6.20 Å². The van der Waals surface area contributed by atoms with Crippen LogP contribution >= 0.6 is 0 Å². The van der Waals surface area contributed by atoms with E-state index in [9.17, 15) is 20.3 Å². The standard InChI is InChI=1S/C17H27N5O4.C17H29N5O2/c1-11-8-14(6-7-26-11)20-17-18-9-15(22(24)25)16(21-17)19-13-4-2-12(10-23)3-5-13;1-11-8-14(6-7-24-11)21-17-19-9-15(18)16(22-17)20-13-4-2-12(10-23)3-5-13/h9,11-14,23H,2-8,10H2,1H3,(H2,18,19,20,21);9,11-14,23H,2-8,10,18H2,1H3,(H2,19,20,21,22)/t2*11-,12?,13?,14-/m00/s1. The van der Waals surface area contributed by atoms with Crippen molar-refractivity contribution in [2.45, 2.75) is 127 Å². The van der Waals surface area contributed by atoms with Gasteiger partial charge in [0.05, 0.1) is 29.0 Å². The van der Waals surface area contributed by atoms with E-state index in [0.717, 1.165) is 83.7 Å². The molecule has 0 aromatic carbocycles. The topological polar surface area (TPSA) is 228 Å². The molecule has 0 spiro atoms. The van der Waals surface area contributed by atoms with Crippen molar-refractivity contribution in [1.29, 1.82) is 0 Å². The van der Waals surface area contributed by atoms with E-state index in [-0.39, 0.29) is 42.4 Å². The van der Waals surface area contributed by atoms with Gasteiger partial charge in [0.2, 0.25) is 17.7 Å². The fourth-order valence-corrected chi connectivity index (χ4v) is 7.25. The molecule has 0 amide bonds. The van der Waals surface area contributed by atoms with Gasteiger partial charge in [-0.05, 0) is 103 Å². The van der Waals surface area contributed by atoms with Crippen LogP contribution in [0.4, 0.5) is 34.9 Å². The van der Waals surface area contributed by atoms with Crippen LogP contribution in [0.5, 0.6) is 0 Å². The molecule has 2 aliphatic carbocycles. The third-order valence-corrected chi connectivity index (χ3v) is 10.3. The lowest BCUT2D eigenvalue weighted by Gasteiger charge is -2.29. The number of nitro groups is 1. The van der Waals surface area contributed by atoms with E-state index in [4.69, 9.17) is 15.2 Å². The van der Waals surface area contributed by atoms with Crippen molar-refractivity contribution in [1.82, 2.24) is 19.9 Å². The van der Waals surface area contributed by atoms with Crippen LogP contribution in [0.25, 0.3) is 0 Å². The number of nitrogens with zero attached hydrogens (tertiary/aromatic N) is 5. The summed E-state index contributed by atoms with van der Waals surface area (Å²) >= 11 is 0. The van der Waals surface area contributed by atoms with Crippen LogP contribution in [0.2, 0.25) is 0 Å². The Bertz CT molecular complexity index is 1360. The van der Waals surface area contributed by atoms with Gasteiger partial charge in [0.25, 0.3) is 0 Å². The summed E-state index contributed by atoms with van der Waals surface area (Å²) in [5, 5.41) is 43.2. The van der Waals surface area contributed by atoms with Crippen molar-refractivity contribution in [2.75, 3.05) is 53.4 Å². The van der Waals surface area contributed by atoms with Crippen LogP contribution < -0.4 is 27.0 Å². The quantitative estimate of drug-likeness (QED) is 0.128. The van der Waals surface area contributed by atoms with Crippen LogP contribution in [-0.2, 0) is 9.47 Å². The first-order chi connectivity index (χ1) is 24.2. The molecule has 6 rings (SSSR count). The Kier molecular flexibility index (Phi) is 14.0. The Morgan fingerprint density at radius 1 is 0.720 bits per heavy atom. The van der Waals surface area contributed by atoms with E-state index in [1.54, 1.807) is 6.20 Å². The Balaban J connectivity index is 0.000000195. The summed E-state index contributed by atoms with van der Waals surface area (Å²) in [7, 11) is 0. The molecule has 0 unspecified atom stereocenters. The lowest BCUT2D eigenvalue weighted by Crippen LogP contribution is -2.33. The number of hydrogen-bond acceptors (Lipinski definition) is 15. The van der Waals surface area contributed by atoms with Crippen LogP contribution in [0.3, 0.4) is 0 Å². The zero-order valence-corrected chi connectivity index (χ0v) is 29.4. The van der Waals surface area contributed by atoms with Gasteiger partial charge >= 0.3 is 5.69 Å². The van der Waals surface area contributed by atoms with Crippen molar-refractivity contribution >= 4 is 34.9 Å². The van der Waals surface area contributed by atoms with Gasteiger partial charge in [0.1, 0.15) is 6.20 Å². The second kappa shape index (κ2) is 18.6. The number of nitrogens with two attached hydrogens (primary N) is 1. The average molecular weight is 701 g/mol. The average Bonchev–Trinajstić information content (AvgIpc) is 3.11. The normalized spacial score (nSPS) is 29.9. The molecule has 16 nitrogen and oxygen atoms in total. The van der Waals surface area contributed by atoms with Crippen molar-refractivity contribution in [3.05, 3.63) is 22.5 Å². The Labute approximate surface area is 294 Å². The summed E-state index contributed by atoms with van der Waals surface area (Å²) < 4.78 is 11.1. The number of rotatable bonds is 11. The molecule has 278 valence electrons. The number of aromatic nitrogens is 4. The minimum absolute atomic E-state index is 0.111. The maximum absolute atomic E-state index is 11.3. The molecule has 8 N–H and O–H groups in total. The molecule has 2 aliphatic heterocycles. The zero-order chi connectivity index (χ0) is 35.5. The van der Waals surface area contributed by atoms with Gasteiger partial charge in [-0.15, -0.1) is 0 Å². The summed E-state index contributed by atoms with van der Waals surface area (Å²) in [6.45, 7) is 6.07. The predicted octanol–water partition coefficient (Wildman–Crippen LogP) is 4.33. The van der Waals surface area contributed by atoms with Crippen LogP contribution in [0.15, 0.2) is 12.4 Å². The molecule has 2 aromatic rings. The fraction of sp³-hybridized carbons (Fsp3) is 0.765. The highest BCUT2D eigenvalue weighted by Gasteiger charge is 2.27. The van der Waals surface area contributed by atoms with Gasteiger partial charge in [0.15, 0.2) is 5.82 Å². The number of ether oxygens (including phenoxy) is 2. The first kappa shape index (κ1) is 37.7. The van der Waals surface area contributed by atoms with E-state index in [1.807, 2.05) is 6.92 Å². The smallest absolute Gasteiger partial charge is 0.329 e. The van der Waals surface area contributed by atoms with Crippen LogP contribution in [0.1, 0.15) is 90.9 Å². The molecular weight excluding hydrogens is 644 g/mol. The first-order valence-corrected chi connectivity index (χ1v) is 18.3. The van der Waals surface area contributed by atoms with Gasteiger partial charge in [-0.2, -0.15) is 9.97 Å². The predicted molar refractivity (Wildman–Crippen MR) is 192 cm³/mol. The van der Waals surface area contributed by atoms with Gasteiger partial charge in [-0.1, -0.05) is 0 Å². The van der Waals surface area contributed by atoms with E-state index in [2.05, 4.69) is 48.1 Å². The Morgan fingerprint density at radius 2 is 1.18 bits per heavy atom. The molecule has 16 heteroatoms. The number of aliphatic hydroxyl groups is 2. The van der Waals surface area contributed by atoms with E-state index < -0.39 is 4.92 Å². The largest absolute Gasteiger partial charge is 0.396 e. The summed E-state index contributed by atoms with van der Waals surface area (Å²) in [4.78, 5) is 28.3. The molecule has 2 saturated carbocycles. The lowest BCUT2D eigenvalue weighted by molar-refractivity contribution is -0.384. The van der Waals surface area contributed by atoms with Crippen LogP contribution in [-0.4, -0.2) is 97.9 Å². The van der Waals surface area contributed by atoms with Gasteiger partial charge < -0.3 is 46.7 Å². The van der Waals surface area contributed by atoms with Gasteiger partial charge in [0, 0.05) is 50.6 Å². The highest BCUT2D eigenvalue weighted by atomic mass is 16.6.